The summed E-state index contributed by atoms with van der Waals surface area (Å²) in [5, 5.41) is 3.00. The van der Waals surface area contributed by atoms with Crippen LogP contribution in [-0.2, 0) is 20.9 Å². The summed E-state index contributed by atoms with van der Waals surface area (Å²) in [5.41, 5.74) is 1.57. The molecular formula is C30H23Cl2N3O6S2. The van der Waals surface area contributed by atoms with Crippen LogP contribution in [0.3, 0.4) is 0 Å². The third-order valence-electron chi connectivity index (χ3n) is 7.34. The van der Waals surface area contributed by atoms with Crippen LogP contribution in [0.5, 0.6) is 11.5 Å². The second-order valence-corrected chi connectivity index (χ2v) is 12.7. The number of halogens is 2. The Labute approximate surface area is 264 Å². The number of amides is 3. The van der Waals surface area contributed by atoms with Crippen molar-refractivity contribution < 1.29 is 23.9 Å². The maximum absolute atomic E-state index is 14.0. The van der Waals surface area contributed by atoms with Gasteiger partial charge in [-0.25, -0.2) is 4.90 Å². The number of para-hydroxylation sites is 1. The van der Waals surface area contributed by atoms with Crippen LogP contribution in [0.1, 0.15) is 16.4 Å². The number of anilines is 2. The van der Waals surface area contributed by atoms with Gasteiger partial charge in [0.25, 0.3) is 0 Å². The molecule has 1 saturated heterocycles. The molecule has 0 aliphatic carbocycles. The zero-order chi connectivity index (χ0) is 30.4. The van der Waals surface area contributed by atoms with Crippen LogP contribution in [0.4, 0.5) is 11.4 Å². The maximum atomic E-state index is 14.0. The van der Waals surface area contributed by atoms with Crippen molar-refractivity contribution >= 4 is 75.4 Å². The number of imide groups is 1. The summed E-state index contributed by atoms with van der Waals surface area (Å²) < 4.78 is 12.3. The maximum Gasteiger partial charge on any atom is 0.308 e. The van der Waals surface area contributed by atoms with Crippen molar-refractivity contribution in [3.63, 3.8) is 0 Å². The van der Waals surface area contributed by atoms with Gasteiger partial charge in [0.05, 0.1) is 40.9 Å². The summed E-state index contributed by atoms with van der Waals surface area (Å²) in [6.45, 7) is -0.307. The van der Waals surface area contributed by atoms with E-state index in [0.717, 1.165) is 23.1 Å². The van der Waals surface area contributed by atoms with Gasteiger partial charge in [0, 0.05) is 16.5 Å². The highest BCUT2D eigenvalue weighted by Gasteiger charge is 2.57. The molecule has 0 bridgehead atoms. The number of carbonyl (C=O) groups excluding carboxylic acids is 3. The van der Waals surface area contributed by atoms with Crippen molar-refractivity contribution in [2.45, 2.75) is 22.7 Å². The minimum Gasteiger partial charge on any atom is -0.493 e. The van der Waals surface area contributed by atoms with E-state index in [4.69, 9.17) is 32.7 Å². The van der Waals surface area contributed by atoms with Crippen LogP contribution in [0.15, 0.2) is 76.6 Å². The number of carbonyl (C=O) groups is 3. The summed E-state index contributed by atoms with van der Waals surface area (Å²) in [6, 6.07) is 18.7. The number of nitrogens with one attached hydrogen (secondary N) is 1. The molecule has 0 spiro atoms. The molecule has 2 aliphatic rings. The van der Waals surface area contributed by atoms with Crippen LogP contribution in [0, 0.1) is 5.92 Å². The number of hydrogen-bond acceptors (Lipinski definition) is 8. The van der Waals surface area contributed by atoms with Crippen molar-refractivity contribution in [1.29, 1.82) is 0 Å². The predicted molar refractivity (Wildman–Crippen MR) is 167 cm³/mol. The lowest BCUT2D eigenvalue weighted by atomic mass is 9.83. The normalized spacial score (nSPS) is 19.2. The molecule has 1 N–H and O–H groups in total. The van der Waals surface area contributed by atoms with Gasteiger partial charge in [-0.2, -0.15) is 0 Å². The molecule has 3 heterocycles. The number of nitrogens with zero attached hydrogens (tertiary/aromatic N) is 2. The second kappa shape index (κ2) is 11.7. The molecule has 9 nitrogen and oxygen atoms in total. The number of methoxy groups -OCH3 is 2. The van der Waals surface area contributed by atoms with Gasteiger partial charge in [0.1, 0.15) is 11.8 Å². The number of fused-ring (bicyclic) bond motifs is 2. The van der Waals surface area contributed by atoms with E-state index in [2.05, 4.69) is 5.32 Å². The van der Waals surface area contributed by atoms with Crippen LogP contribution < -0.4 is 24.6 Å². The van der Waals surface area contributed by atoms with Crippen molar-refractivity contribution in [2.75, 3.05) is 24.4 Å². The summed E-state index contributed by atoms with van der Waals surface area (Å²) >= 11 is 14.2. The van der Waals surface area contributed by atoms with E-state index in [9.17, 15) is 19.2 Å². The smallest absolute Gasteiger partial charge is 0.308 e. The third kappa shape index (κ3) is 5.20. The summed E-state index contributed by atoms with van der Waals surface area (Å²) in [5.74, 6) is -1.70. The number of benzene rings is 3. The molecule has 4 aromatic rings. The molecule has 43 heavy (non-hydrogen) atoms. The summed E-state index contributed by atoms with van der Waals surface area (Å²) in [7, 11) is 3.03. The van der Waals surface area contributed by atoms with E-state index in [-0.39, 0.29) is 28.3 Å². The number of thiazole rings is 1. The summed E-state index contributed by atoms with van der Waals surface area (Å²) in [6.07, 6.45) is 0. The zero-order valence-electron chi connectivity index (χ0n) is 22.7. The average molecular weight is 657 g/mol. The van der Waals surface area contributed by atoms with Crippen molar-refractivity contribution in [1.82, 2.24) is 4.57 Å². The van der Waals surface area contributed by atoms with Gasteiger partial charge in [0.15, 0.2) is 11.5 Å². The summed E-state index contributed by atoms with van der Waals surface area (Å²) in [4.78, 5) is 55.8. The van der Waals surface area contributed by atoms with Crippen molar-refractivity contribution in [3.05, 3.63) is 96.9 Å². The van der Waals surface area contributed by atoms with Gasteiger partial charge in [-0.3, -0.25) is 23.7 Å². The standard InChI is InChI=1S/C30H23Cl2N3O6S2/c1-40-20-11-8-15(12-21(20)41-2)23-24-25(28(38)35(27(24)37)17-6-4-3-5-7-17)42-29-26(23)43-30(39)34(29)14-22(36)33-16-9-10-18(31)19(32)13-16/h3-13,23-25H,14H2,1-2H3,(H,33,36)/t23-,24-,25+/m0/s1. The Morgan fingerprint density at radius 2 is 1.65 bits per heavy atom. The highest BCUT2D eigenvalue weighted by atomic mass is 35.5. The van der Waals surface area contributed by atoms with E-state index >= 15 is 0 Å². The molecule has 0 unspecified atom stereocenters. The molecule has 1 aromatic heterocycles. The Bertz CT molecular complexity index is 1830. The van der Waals surface area contributed by atoms with Gasteiger partial charge in [-0.1, -0.05) is 70.6 Å². The fourth-order valence-electron chi connectivity index (χ4n) is 5.41. The largest absolute Gasteiger partial charge is 0.493 e. The molecule has 220 valence electrons. The SMILES string of the molecule is COc1ccc([C@@H]2c3sc(=O)n(CC(=O)Nc4ccc(Cl)c(Cl)c4)c3S[C@H]3C(=O)N(c4ccccc4)C(=O)[C@@H]23)cc1OC. The van der Waals surface area contributed by atoms with Crippen molar-refractivity contribution in [2.24, 2.45) is 5.92 Å². The van der Waals surface area contributed by atoms with Gasteiger partial charge in [0.2, 0.25) is 17.7 Å². The van der Waals surface area contributed by atoms with E-state index in [1.165, 1.54) is 29.8 Å². The molecule has 1 fully saturated rings. The lowest BCUT2D eigenvalue weighted by Gasteiger charge is -2.31. The number of ether oxygens (including phenoxy) is 2. The van der Waals surface area contributed by atoms with E-state index in [1.807, 2.05) is 6.07 Å². The first-order chi connectivity index (χ1) is 20.7. The average Bonchev–Trinajstić information content (AvgIpc) is 3.45. The quantitative estimate of drug-likeness (QED) is 0.256. The fraction of sp³-hybridized carbons (Fsp3) is 0.200. The molecule has 0 saturated carbocycles. The molecule has 3 atom stereocenters. The molecule has 0 radical (unpaired) electrons. The van der Waals surface area contributed by atoms with Gasteiger partial charge in [-0.15, -0.1) is 0 Å². The zero-order valence-corrected chi connectivity index (χ0v) is 25.9. The lowest BCUT2D eigenvalue weighted by Crippen LogP contribution is -2.33. The minimum absolute atomic E-state index is 0.274. The fourth-order valence-corrected chi connectivity index (χ4v) is 8.48. The van der Waals surface area contributed by atoms with Crippen LogP contribution >= 0.6 is 46.3 Å². The Balaban J connectivity index is 1.43. The highest BCUT2D eigenvalue weighted by molar-refractivity contribution is 8.00. The van der Waals surface area contributed by atoms with Crippen LogP contribution in [0.2, 0.25) is 10.0 Å². The Morgan fingerprint density at radius 3 is 2.35 bits per heavy atom. The van der Waals surface area contributed by atoms with E-state index in [0.29, 0.717) is 43.4 Å². The minimum atomic E-state index is -0.823. The Morgan fingerprint density at radius 1 is 0.907 bits per heavy atom. The lowest BCUT2D eigenvalue weighted by molar-refractivity contribution is -0.122. The van der Waals surface area contributed by atoms with Gasteiger partial charge < -0.3 is 14.8 Å². The van der Waals surface area contributed by atoms with Gasteiger partial charge in [-0.05, 0) is 48.0 Å². The van der Waals surface area contributed by atoms with Crippen molar-refractivity contribution in [3.8, 4) is 11.5 Å². The molecule has 3 aromatic carbocycles. The van der Waals surface area contributed by atoms with Crippen LogP contribution in [0.25, 0.3) is 0 Å². The molecule has 13 heteroatoms. The molecular weight excluding hydrogens is 633 g/mol. The highest BCUT2D eigenvalue weighted by Crippen LogP contribution is 2.54. The first kappa shape index (κ1) is 29.3. The second-order valence-electron chi connectivity index (χ2n) is 9.80. The first-order valence-corrected chi connectivity index (χ1v) is 15.5. The van der Waals surface area contributed by atoms with E-state index in [1.54, 1.807) is 54.6 Å². The monoisotopic (exact) mass is 655 g/mol. The van der Waals surface area contributed by atoms with E-state index < -0.39 is 23.0 Å². The Hall–Kier alpha value is -3.77. The first-order valence-electron chi connectivity index (χ1n) is 13.0. The van der Waals surface area contributed by atoms with Gasteiger partial charge >= 0.3 is 4.87 Å². The molecule has 3 amide bonds. The third-order valence-corrected chi connectivity index (χ3v) is 10.7. The topological polar surface area (TPSA) is 107 Å². The van der Waals surface area contributed by atoms with Crippen LogP contribution in [-0.4, -0.2) is 41.8 Å². The molecule has 2 aliphatic heterocycles. The Kier molecular flexibility index (Phi) is 7.99. The molecule has 6 rings (SSSR count). The number of hydrogen-bond donors (Lipinski definition) is 1. The predicted octanol–water partition coefficient (Wildman–Crippen LogP) is 5.67. The number of rotatable bonds is 7. The number of thioether (sulfide) groups is 1. The number of aromatic nitrogens is 1.